The number of hydrogen-bond donors (Lipinski definition) is 2. The third-order valence-corrected chi connectivity index (χ3v) is 5.51. The van der Waals surface area contributed by atoms with Crippen molar-refractivity contribution in [3.8, 4) is 0 Å². The Morgan fingerprint density at radius 1 is 1.18 bits per heavy atom. The van der Waals surface area contributed by atoms with Crippen LogP contribution < -0.4 is 15.5 Å². The molecule has 6 nitrogen and oxygen atoms in total. The molecule has 1 aromatic rings. The largest absolute Gasteiger partial charge is 0.356 e. The van der Waals surface area contributed by atoms with E-state index in [-0.39, 0.29) is 5.41 Å². The fourth-order valence-electron chi connectivity index (χ4n) is 3.45. The first-order valence-electron chi connectivity index (χ1n) is 10.8. The summed E-state index contributed by atoms with van der Waals surface area (Å²) in [6.45, 7) is 12.9. The predicted octanol–water partition coefficient (Wildman–Crippen LogP) is 3.10. The molecule has 0 bridgehead atoms. The van der Waals surface area contributed by atoms with Gasteiger partial charge in [0, 0.05) is 52.5 Å². The van der Waals surface area contributed by atoms with E-state index in [2.05, 4.69) is 70.4 Å². The molecule has 6 heteroatoms. The third-order valence-electron chi connectivity index (χ3n) is 5.51. The molecular weight excluding hydrogens is 348 g/mol. The maximum Gasteiger partial charge on any atom is 0.191 e. The number of aromatic nitrogens is 1. The highest BCUT2D eigenvalue weighted by Gasteiger charge is 2.18. The Hall–Kier alpha value is -1.82. The van der Waals surface area contributed by atoms with Crippen molar-refractivity contribution < 1.29 is 0 Å². The first-order chi connectivity index (χ1) is 13.4. The third kappa shape index (κ3) is 7.66. The van der Waals surface area contributed by atoms with E-state index in [1.54, 1.807) is 0 Å². The maximum absolute atomic E-state index is 4.57. The zero-order valence-electron chi connectivity index (χ0n) is 18.6. The minimum Gasteiger partial charge on any atom is -0.356 e. The average molecular weight is 389 g/mol. The molecule has 1 aromatic heterocycles. The van der Waals surface area contributed by atoms with Crippen LogP contribution in [0.25, 0.3) is 0 Å². The van der Waals surface area contributed by atoms with Crippen molar-refractivity contribution >= 4 is 11.8 Å². The van der Waals surface area contributed by atoms with Crippen molar-refractivity contribution in [2.45, 2.75) is 53.0 Å². The highest BCUT2D eigenvalue weighted by atomic mass is 15.3. The van der Waals surface area contributed by atoms with Crippen LogP contribution in [0.5, 0.6) is 0 Å². The van der Waals surface area contributed by atoms with E-state index in [9.17, 15) is 0 Å². The van der Waals surface area contributed by atoms with Crippen molar-refractivity contribution in [1.29, 1.82) is 0 Å². The molecule has 0 unspecified atom stereocenters. The van der Waals surface area contributed by atoms with Crippen molar-refractivity contribution in [2.24, 2.45) is 10.4 Å². The lowest BCUT2D eigenvalue weighted by molar-refractivity contribution is 0.312. The first kappa shape index (κ1) is 22.5. The second-order valence-corrected chi connectivity index (χ2v) is 8.71. The summed E-state index contributed by atoms with van der Waals surface area (Å²) in [5.41, 5.74) is 1.51. The van der Waals surface area contributed by atoms with Gasteiger partial charge >= 0.3 is 0 Å². The monoisotopic (exact) mass is 388 g/mol. The van der Waals surface area contributed by atoms with Crippen molar-refractivity contribution in [3.05, 3.63) is 23.9 Å². The molecule has 0 radical (unpaired) electrons. The summed E-state index contributed by atoms with van der Waals surface area (Å²) in [5, 5.41) is 6.94. The number of pyridine rings is 1. The molecule has 1 aliphatic heterocycles. The summed E-state index contributed by atoms with van der Waals surface area (Å²) in [5.74, 6) is 1.94. The number of likely N-dealkylation sites (N-methyl/N-ethyl adjacent to an activating group) is 1. The molecule has 2 heterocycles. The predicted molar refractivity (Wildman–Crippen MR) is 120 cm³/mol. The Kier molecular flexibility index (Phi) is 9.03. The maximum atomic E-state index is 4.57. The fraction of sp³-hybridized carbons (Fsp3) is 0.727. The number of guanidine groups is 1. The van der Waals surface area contributed by atoms with Crippen molar-refractivity contribution in [2.75, 3.05) is 51.7 Å². The van der Waals surface area contributed by atoms with E-state index >= 15 is 0 Å². The molecule has 2 N–H and O–H groups in total. The first-order valence-corrected chi connectivity index (χ1v) is 10.8. The van der Waals surface area contributed by atoms with Crippen LogP contribution in [0.4, 0.5) is 5.82 Å². The zero-order chi connectivity index (χ0) is 20.4. The minimum absolute atomic E-state index is 0.276. The van der Waals surface area contributed by atoms with Gasteiger partial charge in [0.2, 0.25) is 0 Å². The molecule has 1 saturated heterocycles. The van der Waals surface area contributed by atoms with Gasteiger partial charge in [-0.15, -0.1) is 0 Å². The number of aliphatic imine (C=N–C) groups is 1. The standard InChI is InChI=1S/C22H40N6/c1-6-7-8-10-22(2,3)18-26-21(23-4)25-17-19-9-11-24-20(16-19)28-14-12-27(5)13-15-28/h9,11,16H,6-8,10,12-15,17-18H2,1-5H3,(H2,23,25,26). The lowest BCUT2D eigenvalue weighted by Crippen LogP contribution is -2.44. The van der Waals surface area contributed by atoms with E-state index in [0.717, 1.165) is 51.0 Å². The van der Waals surface area contributed by atoms with Gasteiger partial charge in [0.25, 0.3) is 0 Å². The smallest absolute Gasteiger partial charge is 0.191 e. The highest BCUT2D eigenvalue weighted by Crippen LogP contribution is 2.22. The van der Waals surface area contributed by atoms with Crippen molar-refractivity contribution in [3.63, 3.8) is 0 Å². The number of unbranched alkanes of at least 4 members (excludes halogenated alkanes) is 2. The molecule has 0 amide bonds. The SMILES string of the molecule is CCCCCC(C)(C)CNC(=NC)NCc1ccnc(N2CCN(C)CC2)c1. The Labute approximate surface area is 171 Å². The number of nitrogens with zero attached hydrogens (tertiary/aromatic N) is 4. The van der Waals surface area contributed by atoms with E-state index in [1.807, 2.05) is 13.2 Å². The van der Waals surface area contributed by atoms with Gasteiger partial charge in [-0.25, -0.2) is 4.98 Å². The van der Waals surface area contributed by atoms with Gasteiger partial charge in [0.05, 0.1) is 0 Å². The second kappa shape index (κ2) is 11.2. The molecular formula is C22H40N6. The lowest BCUT2D eigenvalue weighted by Gasteiger charge is -2.33. The summed E-state index contributed by atoms with van der Waals surface area (Å²) in [7, 11) is 4.01. The molecule has 158 valence electrons. The van der Waals surface area contributed by atoms with Crippen LogP contribution in [0.15, 0.2) is 23.3 Å². The van der Waals surface area contributed by atoms with Gasteiger partial charge in [0.15, 0.2) is 5.96 Å². The van der Waals surface area contributed by atoms with Crippen molar-refractivity contribution in [1.82, 2.24) is 20.5 Å². The van der Waals surface area contributed by atoms with E-state index in [4.69, 9.17) is 0 Å². The molecule has 0 aliphatic carbocycles. The molecule has 1 aliphatic rings. The van der Waals surface area contributed by atoms with Crippen LogP contribution in [0.2, 0.25) is 0 Å². The Balaban J connectivity index is 1.82. The lowest BCUT2D eigenvalue weighted by atomic mass is 9.87. The molecule has 0 saturated carbocycles. The summed E-state index contributed by atoms with van der Waals surface area (Å²) in [6.07, 6.45) is 7.04. The van der Waals surface area contributed by atoms with Gasteiger partial charge in [-0.05, 0) is 36.6 Å². The van der Waals surface area contributed by atoms with E-state index < -0.39 is 0 Å². The summed E-state index contributed by atoms with van der Waals surface area (Å²) in [6, 6.07) is 4.27. The van der Waals surface area contributed by atoms with Crippen LogP contribution in [0.3, 0.4) is 0 Å². The molecule has 2 rings (SSSR count). The molecule has 0 aromatic carbocycles. The quantitative estimate of drug-likeness (QED) is 0.387. The summed E-state index contributed by atoms with van der Waals surface area (Å²) in [4.78, 5) is 13.7. The van der Waals surface area contributed by atoms with Crippen LogP contribution in [0.1, 0.15) is 52.0 Å². The molecule has 28 heavy (non-hydrogen) atoms. The summed E-state index contributed by atoms with van der Waals surface area (Å²) < 4.78 is 0. The topological polar surface area (TPSA) is 55.8 Å². The van der Waals surface area contributed by atoms with Crippen LogP contribution in [-0.4, -0.2) is 62.7 Å². The minimum atomic E-state index is 0.276. The zero-order valence-corrected chi connectivity index (χ0v) is 18.6. The average Bonchev–Trinajstić information content (AvgIpc) is 2.69. The fourth-order valence-corrected chi connectivity index (χ4v) is 3.45. The molecule has 0 spiro atoms. The number of piperazine rings is 1. The van der Waals surface area contributed by atoms with Gasteiger partial charge in [-0.1, -0.05) is 40.0 Å². The van der Waals surface area contributed by atoms with Crippen LogP contribution in [0, 0.1) is 5.41 Å². The Morgan fingerprint density at radius 3 is 2.61 bits per heavy atom. The second-order valence-electron chi connectivity index (χ2n) is 8.71. The van der Waals surface area contributed by atoms with Gasteiger partial charge < -0.3 is 20.4 Å². The number of hydrogen-bond acceptors (Lipinski definition) is 4. The number of anilines is 1. The normalized spacial score (nSPS) is 16.3. The Morgan fingerprint density at radius 2 is 1.93 bits per heavy atom. The Bertz CT molecular complexity index is 605. The van der Waals surface area contributed by atoms with Crippen LogP contribution >= 0.6 is 0 Å². The van der Waals surface area contributed by atoms with Gasteiger partial charge in [0.1, 0.15) is 5.82 Å². The van der Waals surface area contributed by atoms with Crippen LogP contribution in [-0.2, 0) is 6.54 Å². The number of rotatable bonds is 9. The highest BCUT2D eigenvalue weighted by molar-refractivity contribution is 5.79. The summed E-state index contributed by atoms with van der Waals surface area (Å²) >= 11 is 0. The van der Waals surface area contributed by atoms with Gasteiger partial charge in [-0.2, -0.15) is 0 Å². The van der Waals surface area contributed by atoms with Gasteiger partial charge in [-0.3, -0.25) is 4.99 Å². The molecule has 1 fully saturated rings. The van der Waals surface area contributed by atoms with E-state index in [1.165, 1.54) is 31.2 Å². The number of nitrogens with one attached hydrogen (secondary N) is 2. The molecule has 0 atom stereocenters. The van der Waals surface area contributed by atoms with E-state index in [0.29, 0.717) is 0 Å².